The van der Waals surface area contributed by atoms with E-state index in [4.69, 9.17) is 10.5 Å². The summed E-state index contributed by atoms with van der Waals surface area (Å²) in [5.74, 6) is 0.496. The average molecular weight is 278 g/mol. The molecule has 2 rings (SSSR count). The first-order chi connectivity index (χ1) is 9.15. The van der Waals surface area contributed by atoms with Crippen LogP contribution >= 0.6 is 11.3 Å². The number of anilines is 3. The summed E-state index contributed by atoms with van der Waals surface area (Å²) in [5.41, 5.74) is 6.30. The third-order valence-electron chi connectivity index (χ3n) is 2.43. The van der Waals surface area contributed by atoms with Crippen molar-refractivity contribution in [3.05, 3.63) is 29.1 Å². The van der Waals surface area contributed by atoms with E-state index in [1.54, 1.807) is 26.3 Å². The van der Waals surface area contributed by atoms with Crippen molar-refractivity contribution in [1.29, 1.82) is 0 Å². The second-order valence-electron chi connectivity index (χ2n) is 3.64. The highest BCUT2D eigenvalue weighted by Gasteiger charge is 2.17. The number of benzene rings is 1. The number of ether oxygens (including phenoxy) is 1. The maximum atomic E-state index is 12.1. The summed E-state index contributed by atoms with van der Waals surface area (Å²) < 4.78 is 5.17. The fraction of sp³-hybridized carbons (Fsp3) is 0.167. The predicted molar refractivity (Wildman–Crippen MR) is 77.0 cm³/mol. The van der Waals surface area contributed by atoms with E-state index in [0.717, 1.165) is 0 Å². The summed E-state index contributed by atoms with van der Waals surface area (Å²) in [5, 5.41) is 6.21. The number of thiazole rings is 1. The van der Waals surface area contributed by atoms with Gasteiger partial charge in [0.2, 0.25) is 0 Å². The van der Waals surface area contributed by atoms with Gasteiger partial charge in [0.1, 0.15) is 16.4 Å². The second-order valence-corrected chi connectivity index (χ2v) is 4.64. The van der Waals surface area contributed by atoms with Crippen LogP contribution in [0.15, 0.2) is 24.3 Å². The molecule has 0 radical (unpaired) electrons. The van der Waals surface area contributed by atoms with Crippen LogP contribution in [0.1, 0.15) is 9.67 Å². The first-order valence-electron chi connectivity index (χ1n) is 5.54. The lowest BCUT2D eigenvalue weighted by molar-refractivity contribution is 0.103. The van der Waals surface area contributed by atoms with Gasteiger partial charge in [0.05, 0.1) is 12.8 Å². The summed E-state index contributed by atoms with van der Waals surface area (Å²) >= 11 is 1.20. The van der Waals surface area contributed by atoms with Gasteiger partial charge in [0.15, 0.2) is 5.13 Å². The Hall–Kier alpha value is -2.28. The molecular formula is C12H14N4O2S. The van der Waals surface area contributed by atoms with Crippen LogP contribution in [0.4, 0.5) is 16.6 Å². The van der Waals surface area contributed by atoms with E-state index in [1.165, 1.54) is 11.3 Å². The Bertz CT molecular complexity index is 597. The number of carbonyl (C=O) groups is 1. The van der Waals surface area contributed by atoms with Gasteiger partial charge in [-0.1, -0.05) is 23.5 Å². The second kappa shape index (κ2) is 5.57. The van der Waals surface area contributed by atoms with Crippen molar-refractivity contribution < 1.29 is 9.53 Å². The van der Waals surface area contributed by atoms with Crippen LogP contribution in [-0.2, 0) is 0 Å². The van der Waals surface area contributed by atoms with E-state index in [-0.39, 0.29) is 11.7 Å². The number of nitrogen functional groups attached to an aromatic ring is 1. The number of rotatable bonds is 4. The van der Waals surface area contributed by atoms with Crippen LogP contribution in [0, 0.1) is 0 Å². The number of methoxy groups -OCH3 is 1. The van der Waals surface area contributed by atoms with Gasteiger partial charge in [-0.25, -0.2) is 4.98 Å². The number of para-hydroxylation sites is 2. The quantitative estimate of drug-likeness (QED) is 0.796. The third kappa shape index (κ3) is 2.76. The summed E-state index contributed by atoms with van der Waals surface area (Å²) in [6.07, 6.45) is 0. The van der Waals surface area contributed by atoms with Crippen molar-refractivity contribution >= 4 is 33.9 Å². The lowest BCUT2D eigenvalue weighted by atomic mass is 10.3. The zero-order valence-corrected chi connectivity index (χ0v) is 11.4. The van der Waals surface area contributed by atoms with Gasteiger partial charge in [-0.2, -0.15) is 0 Å². The van der Waals surface area contributed by atoms with Gasteiger partial charge in [0, 0.05) is 7.05 Å². The van der Waals surface area contributed by atoms with Crippen molar-refractivity contribution in [1.82, 2.24) is 4.98 Å². The topological polar surface area (TPSA) is 89.3 Å². The van der Waals surface area contributed by atoms with E-state index in [0.29, 0.717) is 21.4 Å². The molecule has 19 heavy (non-hydrogen) atoms. The molecule has 2 aromatic rings. The van der Waals surface area contributed by atoms with Crippen LogP contribution in [0.3, 0.4) is 0 Å². The summed E-state index contributed by atoms with van der Waals surface area (Å²) in [7, 11) is 3.27. The normalized spacial score (nSPS) is 10.0. The van der Waals surface area contributed by atoms with Crippen LogP contribution in [0.25, 0.3) is 0 Å². The zero-order valence-electron chi connectivity index (χ0n) is 10.6. The lowest BCUT2D eigenvalue weighted by Crippen LogP contribution is -2.12. The molecule has 6 nitrogen and oxygen atoms in total. The SMILES string of the molecule is CNc1nc(N)c(C(=O)Nc2ccccc2OC)s1. The van der Waals surface area contributed by atoms with Crippen molar-refractivity contribution in [2.24, 2.45) is 0 Å². The summed E-state index contributed by atoms with van der Waals surface area (Å²) in [4.78, 5) is 16.5. The molecule has 0 aliphatic carbocycles. The molecule has 1 aromatic heterocycles. The van der Waals surface area contributed by atoms with Gasteiger partial charge in [-0.15, -0.1) is 0 Å². The molecule has 0 aliphatic rings. The minimum atomic E-state index is -0.305. The van der Waals surface area contributed by atoms with E-state index >= 15 is 0 Å². The first kappa shape index (κ1) is 13.2. The standard InChI is InChI=1S/C12H14N4O2S/c1-14-12-16-10(13)9(19-12)11(17)15-7-5-3-4-6-8(7)18-2/h3-6H,13H2,1-2H3,(H,14,16)(H,15,17). The van der Waals surface area contributed by atoms with Crippen molar-refractivity contribution in [2.75, 3.05) is 30.5 Å². The molecule has 0 bridgehead atoms. The number of nitrogens with two attached hydrogens (primary N) is 1. The minimum absolute atomic E-state index is 0.210. The Morgan fingerprint density at radius 2 is 2.16 bits per heavy atom. The highest BCUT2D eigenvalue weighted by atomic mass is 32.1. The van der Waals surface area contributed by atoms with Gasteiger partial charge >= 0.3 is 0 Å². The van der Waals surface area contributed by atoms with Crippen molar-refractivity contribution in [2.45, 2.75) is 0 Å². The lowest BCUT2D eigenvalue weighted by Gasteiger charge is -2.08. The molecule has 0 atom stereocenters. The maximum absolute atomic E-state index is 12.1. The van der Waals surface area contributed by atoms with E-state index in [1.807, 2.05) is 12.1 Å². The number of aromatic nitrogens is 1. The van der Waals surface area contributed by atoms with Crippen LogP contribution in [0.2, 0.25) is 0 Å². The fourth-order valence-corrected chi connectivity index (χ4v) is 2.26. The molecule has 0 saturated heterocycles. The number of hydrogen-bond donors (Lipinski definition) is 3. The Morgan fingerprint density at radius 3 is 2.79 bits per heavy atom. The highest BCUT2D eigenvalue weighted by Crippen LogP contribution is 2.28. The number of nitrogens with zero attached hydrogens (tertiary/aromatic N) is 1. The van der Waals surface area contributed by atoms with Crippen LogP contribution in [0.5, 0.6) is 5.75 Å². The predicted octanol–water partition coefficient (Wildman–Crippen LogP) is 2.03. The Kier molecular flexibility index (Phi) is 3.86. The van der Waals surface area contributed by atoms with Gasteiger partial charge in [0.25, 0.3) is 5.91 Å². The molecule has 7 heteroatoms. The smallest absolute Gasteiger partial charge is 0.269 e. The molecule has 1 aromatic carbocycles. The fourth-order valence-electron chi connectivity index (χ4n) is 1.53. The molecule has 0 unspecified atom stereocenters. The molecule has 1 amide bonds. The maximum Gasteiger partial charge on any atom is 0.269 e. The Morgan fingerprint density at radius 1 is 1.42 bits per heavy atom. The van der Waals surface area contributed by atoms with Crippen molar-refractivity contribution in [3.8, 4) is 5.75 Å². The molecule has 0 fully saturated rings. The number of nitrogens with one attached hydrogen (secondary N) is 2. The Labute approximate surface area is 114 Å². The first-order valence-corrected chi connectivity index (χ1v) is 6.35. The van der Waals surface area contributed by atoms with Gasteiger partial charge in [-0.05, 0) is 12.1 Å². The molecule has 0 saturated carbocycles. The molecule has 0 aliphatic heterocycles. The average Bonchev–Trinajstić information content (AvgIpc) is 2.80. The molecule has 0 spiro atoms. The van der Waals surface area contributed by atoms with Gasteiger partial charge < -0.3 is 21.1 Å². The largest absolute Gasteiger partial charge is 0.495 e. The molecule has 1 heterocycles. The minimum Gasteiger partial charge on any atom is -0.495 e. The molecule has 4 N–H and O–H groups in total. The highest BCUT2D eigenvalue weighted by molar-refractivity contribution is 7.18. The summed E-state index contributed by atoms with van der Waals surface area (Å²) in [6, 6.07) is 7.17. The molecule has 100 valence electrons. The molecular weight excluding hydrogens is 264 g/mol. The van der Waals surface area contributed by atoms with Crippen LogP contribution in [-0.4, -0.2) is 25.0 Å². The third-order valence-corrected chi connectivity index (χ3v) is 3.52. The van der Waals surface area contributed by atoms with Gasteiger partial charge in [-0.3, -0.25) is 4.79 Å². The number of hydrogen-bond acceptors (Lipinski definition) is 6. The number of carbonyl (C=O) groups excluding carboxylic acids is 1. The summed E-state index contributed by atoms with van der Waals surface area (Å²) in [6.45, 7) is 0. The van der Waals surface area contributed by atoms with E-state index in [9.17, 15) is 4.79 Å². The van der Waals surface area contributed by atoms with Crippen molar-refractivity contribution in [3.63, 3.8) is 0 Å². The van der Waals surface area contributed by atoms with Crippen LogP contribution < -0.4 is 21.1 Å². The number of amides is 1. The van der Waals surface area contributed by atoms with E-state index < -0.39 is 0 Å². The Balaban J connectivity index is 2.23. The monoisotopic (exact) mass is 278 g/mol. The zero-order chi connectivity index (χ0) is 13.8. The van der Waals surface area contributed by atoms with E-state index in [2.05, 4.69) is 15.6 Å².